The molecular weight excluding hydrogens is 240 g/mol. The summed E-state index contributed by atoms with van der Waals surface area (Å²) in [6.45, 7) is 2.48. The van der Waals surface area contributed by atoms with E-state index in [0.717, 1.165) is 10.6 Å². The van der Waals surface area contributed by atoms with Crippen LogP contribution in [0, 0.1) is 0 Å². The van der Waals surface area contributed by atoms with Crippen molar-refractivity contribution in [2.24, 2.45) is 5.84 Å². The maximum atomic E-state index is 11.3. The Morgan fingerprint density at radius 1 is 1.53 bits per heavy atom. The molecule has 0 spiro atoms. The molecule has 1 aromatic rings. The standard InChI is InChI=1S/C12H17ClN2O2/c1-3-17-11-6-4-9(8-10(11)13)5-7-12(16)15(2)14/h4,6,8H,3,5,7,14H2,1-2H3. The monoisotopic (exact) mass is 256 g/mol. The van der Waals surface area contributed by atoms with Crippen LogP contribution in [0.3, 0.4) is 0 Å². The van der Waals surface area contributed by atoms with Gasteiger partial charge in [0, 0.05) is 13.5 Å². The molecule has 0 atom stereocenters. The second-order valence-corrected chi connectivity index (χ2v) is 4.11. The van der Waals surface area contributed by atoms with E-state index in [-0.39, 0.29) is 5.91 Å². The first-order chi connectivity index (χ1) is 8.04. The number of halogens is 1. The van der Waals surface area contributed by atoms with Crippen molar-refractivity contribution < 1.29 is 9.53 Å². The third-order valence-electron chi connectivity index (χ3n) is 2.32. The molecule has 0 saturated heterocycles. The normalized spacial score (nSPS) is 10.1. The second kappa shape index (κ2) is 6.47. The Morgan fingerprint density at radius 2 is 2.24 bits per heavy atom. The first-order valence-corrected chi connectivity index (χ1v) is 5.85. The number of amides is 1. The van der Waals surface area contributed by atoms with E-state index in [1.165, 1.54) is 7.05 Å². The van der Waals surface area contributed by atoms with Gasteiger partial charge >= 0.3 is 0 Å². The van der Waals surface area contributed by atoms with Gasteiger partial charge in [-0.15, -0.1) is 0 Å². The van der Waals surface area contributed by atoms with Crippen molar-refractivity contribution in [1.29, 1.82) is 0 Å². The highest BCUT2D eigenvalue weighted by atomic mass is 35.5. The maximum Gasteiger partial charge on any atom is 0.236 e. The van der Waals surface area contributed by atoms with Gasteiger partial charge in [-0.1, -0.05) is 17.7 Å². The molecule has 5 heteroatoms. The lowest BCUT2D eigenvalue weighted by Crippen LogP contribution is -2.33. The molecule has 0 fully saturated rings. The van der Waals surface area contributed by atoms with Crippen LogP contribution in [0.25, 0.3) is 0 Å². The lowest BCUT2D eigenvalue weighted by molar-refractivity contribution is -0.130. The minimum atomic E-state index is -0.102. The highest BCUT2D eigenvalue weighted by Crippen LogP contribution is 2.25. The largest absolute Gasteiger partial charge is 0.492 e. The van der Waals surface area contributed by atoms with E-state index in [0.29, 0.717) is 30.2 Å². The van der Waals surface area contributed by atoms with E-state index in [1.54, 1.807) is 0 Å². The number of rotatable bonds is 5. The molecule has 4 nitrogen and oxygen atoms in total. The van der Waals surface area contributed by atoms with Gasteiger partial charge in [0.1, 0.15) is 5.75 Å². The van der Waals surface area contributed by atoms with Crippen LogP contribution >= 0.6 is 11.6 Å². The summed E-state index contributed by atoms with van der Waals surface area (Å²) in [4.78, 5) is 11.3. The van der Waals surface area contributed by atoms with Gasteiger partial charge < -0.3 is 4.74 Å². The van der Waals surface area contributed by atoms with Crippen molar-refractivity contribution in [3.05, 3.63) is 28.8 Å². The van der Waals surface area contributed by atoms with Crippen LogP contribution in [-0.4, -0.2) is 24.6 Å². The Kier molecular flexibility index (Phi) is 5.25. The van der Waals surface area contributed by atoms with Gasteiger partial charge in [-0.05, 0) is 31.0 Å². The SMILES string of the molecule is CCOc1ccc(CCC(=O)N(C)N)cc1Cl. The summed E-state index contributed by atoms with van der Waals surface area (Å²) in [5.74, 6) is 5.90. The average Bonchev–Trinajstić information content (AvgIpc) is 2.29. The van der Waals surface area contributed by atoms with Crippen molar-refractivity contribution in [2.75, 3.05) is 13.7 Å². The molecule has 1 aromatic carbocycles. The summed E-state index contributed by atoms with van der Waals surface area (Å²) in [6, 6.07) is 5.54. The van der Waals surface area contributed by atoms with Crippen molar-refractivity contribution in [2.45, 2.75) is 19.8 Å². The molecule has 0 unspecified atom stereocenters. The number of aryl methyl sites for hydroxylation is 1. The molecule has 1 rings (SSSR count). The van der Waals surface area contributed by atoms with Gasteiger partial charge in [-0.25, -0.2) is 5.84 Å². The Hall–Kier alpha value is -1.26. The van der Waals surface area contributed by atoms with E-state index < -0.39 is 0 Å². The molecule has 17 heavy (non-hydrogen) atoms. The molecule has 0 bridgehead atoms. The number of hydrazine groups is 1. The Morgan fingerprint density at radius 3 is 2.76 bits per heavy atom. The van der Waals surface area contributed by atoms with E-state index in [4.69, 9.17) is 22.2 Å². The first-order valence-electron chi connectivity index (χ1n) is 5.47. The van der Waals surface area contributed by atoms with Gasteiger partial charge in [-0.2, -0.15) is 0 Å². The molecule has 94 valence electrons. The molecule has 1 amide bonds. The van der Waals surface area contributed by atoms with Gasteiger partial charge in [0.25, 0.3) is 0 Å². The van der Waals surface area contributed by atoms with Crippen LogP contribution in [0.5, 0.6) is 5.75 Å². The fourth-order valence-electron chi connectivity index (χ4n) is 1.40. The topological polar surface area (TPSA) is 55.6 Å². The highest BCUT2D eigenvalue weighted by Gasteiger charge is 2.07. The van der Waals surface area contributed by atoms with Gasteiger partial charge in [0.2, 0.25) is 5.91 Å². The predicted molar refractivity (Wildman–Crippen MR) is 67.9 cm³/mol. The fourth-order valence-corrected chi connectivity index (χ4v) is 1.66. The number of nitrogens with zero attached hydrogens (tertiary/aromatic N) is 1. The smallest absolute Gasteiger partial charge is 0.236 e. The lowest BCUT2D eigenvalue weighted by Gasteiger charge is -2.10. The molecule has 0 heterocycles. The maximum absolute atomic E-state index is 11.3. The van der Waals surface area contributed by atoms with Crippen molar-refractivity contribution in [3.63, 3.8) is 0 Å². The van der Waals surface area contributed by atoms with Crippen molar-refractivity contribution in [1.82, 2.24) is 5.01 Å². The number of carbonyl (C=O) groups is 1. The molecule has 0 radical (unpaired) electrons. The summed E-state index contributed by atoms with van der Waals surface area (Å²) >= 11 is 6.04. The van der Waals surface area contributed by atoms with E-state index in [2.05, 4.69) is 0 Å². The summed E-state index contributed by atoms with van der Waals surface area (Å²) in [5.41, 5.74) is 0.994. The first kappa shape index (κ1) is 13.8. The quantitative estimate of drug-likeness (QED) is 0.498. The number of benzene rings is 1. The summed E-state index contributed by atoms with van der Waals surface area (Å²) in [7, 11) is 1.54. The molecule has 0 saturated carbocycles. The minimum absolute atomic E-state index is 0.102. The minimum Gasteiger partial charge on any atom is -0.492 e. The molecular formula is C12H17ClN2O2. The Bertz CT molecular complexity index is 394. The van der Waals surface area contributed by atoms with Crippen LogP contribution in [-0.2, 0) is 11.2 Å². The number of ether oxygens (including phenoxy) is 1. The molecule has 0 aliphatic carbocycles. The number of carbonyl (C=O) groups excluding carboxylic acids is 1. The number of hydrogen-bond acceptors (Lipinski definition) is 3. The highest BCUT2D eigenvalue weighted by molar-refractivity contribution is 6.32. The third-order valence-corrected chi connectivity index (χ3v) is 2.61. The zero-order valence-electron chi connectivity index (χ0n) is 10.1. The molecule has 0 aromatic heterocycles. The van der Waals surface area contributed by atoms with E-state index in [1.807, 2.05) is 25.1 Å². The zero-order chi connectivity index (χ0) is 12.8. The second-order valence-electron chi connectivity index (χ2n) is 3.70. The molecule has 0 aliphatic heterocycles. The third kappa shape index (κ3) is 4.24. The van der Waals surface area contributed by atoms with Crippen molar-refractivity contribution in [3.8, 4) is 5.75 Å². The van der Waals surface area contributed by atoms with Crippen LogP contribution < -0.4 is 10.6 Å². The van der Waals surface area contributed by atoms with E-state index >= 15 is 0 Å². The number of hydrogen-bond donors (Lipinski definition) is 1. The Balaban J connectivity index is 2.61. The number of nitrogens with two attached hydrogens (primary N) is 1. The lowest BCUT2D eigenvalue weighted by atomic mass is 10.1. The average molecular weight is 257 g/mol. The van der Waals surface area contributed by atoms with Crippen molar-refractivity contribution >= 4 is 17.5 Å². The molecule has 0 aliphatic rings. The van der Waals surface area contributed by atoms with Crippen LogP contribution in [0.1, 0.15) is 18.9 Å². The predicted octanol–water partition coefficient (Wildman–Crippen LogP) is 2.00. The van der Waals surface area contributed by atoms with Gasteiger partial charge in [0.15, 0.2) is 0 Å². The van der Waals surface area contributed by atoms with E-state index in [9.17, 15) is 4.79 Å². The Labute approximate surface area is 106 Å². The fraction of sp³-hybridized carbons (Fsp3) is 0.417. The molecule has 2 N–H and O–H groups in total. The van der Waals surface area contributed by atoms with Gasteiger partial charge in [-0.3, -0.25) is 9.80 Å². The van der Waals surface area contributed by atoms with Gasteiger partial charge in [0.05, 0.1) is 11.6 Å². The zero-order valence-corrected chi connectivity index (χ0v) is 10.8. The summed E-state index contributed by atoms with van der Waals surface area (Å²) in [6.07, 6.45) is 0.990. The summed E-state index contributed by atoms with van der Waals surface area (Å²) < 4.78 is 5.33. The van der Waals surface area contributed by atoms with Crippen LogP contribution in [0.4, 0.5) is 0 Å². The van der Waals surface area contributed by atoms with Crippen LogP contribution in [0.2, 0.25) is 5.02 Å². The van der Waals surface area contributed by atoms with Crippen LogP contribution in [0.15, 0.2) is 18.2 Å². The summed E-state index contributed by atoms with van der Waals surface area (Å²) in [5, 5.41) is 1.66.